The van der Waals surface area contributed by atoms with Gasteiger partial charge in [-0.15, -0.1) is 0 Å². The zero-order chi connectivity index (χ0) is 14.8. The molecule has 0 saturated carbocycles. The van der Waals surface area contributed by atoms with E-state index in [1.807, 2.05) is 12.1 Å². The number of nitrogens with zero attached hydrogens (tertiary/aromatic N) is 2. The third kappa shape index (κ3) is 6.07. The minimum absolute atomic E-state index is 0.162. The molecule has 1 aromatic heterocycles. The van der Waals surface area contributed by atoms with Gasteiger partial charge in [0, 0.05) is 19.6 Å². The van der Waals surface area contributed by atoms with Gasteiger partial charge in [-0.05, 0) is 31.5 Å². The first-order chi connectivity index (χ1) is 9.71. The first-order valence-corrected chi connectivity index (χ1v) is 7.81. The Labute approximate surface area is 127 Å². The molecule has 4 nitrogen and oxygen atoms in total. The Kier molecular flexibility index (Phi) is 8.58. The van der Waals surface area contributed by atoms with Crippen LogP contribution in [0.1, 0.15) is 38.8 Å². The standard InChI is InChI=1S/C15H26ClN3O/c1-3-5-9-19(10-11-20)12-14-13(16)6-7-15(18-14)17-8-4-2/h6-7,20H,3-5,8-12H2,1-2H3,(H,17,18). The van der Waals surface area contributed by atoms with Crippen molar-refractivity contribution < 1.29 is 5.11 Å². The number of rotatable bonds is 10. The maximum Gasteiger partial charge on any atom is 0.126 e. The van der Waals surface area contributed by atoms with Crippen LogP contribution in [0.25, 0.3) is 0 Å². The Balaban J connectivity index is 2.71. The first-order valence-electron chi connectivity index (χ1n) is 7.43. The molecule has 0 fully saturated rings. The van der Waals surface area contributed by atoms with E-state index in [0.717, 1.165) is 43.9 Å². The Morgan fingerprint density at radius 1 is 1.25 bits per heavy atom. The molecule has 0 bridgehead atoms. The van der Waals surface area contributed by atoms with Crippen LogP contribution in [-0.2, 0) is 6.54 Å². The lowest BCUT2D eigenvalue weighted by Gasteiger charge is -2.21. The number of hydrogen-bond donors (Lipinski definition) is 2. The van der Waals surface area contributed by atoms with Crippen molar-refractivity contribution in [2.24, 2.45) is 0 Å². The number of unbranched alkanes of at least 4 members (excludes halogenated alkanes) is 1. The summed E-state index contributed by atoms with van der Waals surface area (Å²) in [5, 5.41) is 13.1. The van der Waals surface area contributed by atoms with Gasteiger partial charge in [0.25, 0.3) is 0 Å². The molecule has 0 aliphatic carbocycles. The van der Waals surface area contributed by atoms with Crippen LogP contribution in [0.15, 0.2) is 12.1 Å². The number of aliphatic hydroxyl groups is 1. The van der Waals surface area contributed by atoms with E-state index in [9.17, 15) is 0 Å². The molecular formula is C15H26ClN3O. The molecule has 0 saturated heterocycles. The van der Waals surface area contributed by atoms with Crippen LogP contribution in [0.2, 0.25) is 5.02 Å². The molecule has 1 aromatic rings. The van der Waals surface area contributed by atoms with Crippen molar-refractivity contribution in [1.29, 1.82) is 0 Å². The van der Waals surface area contributed by atoms with Crippen LogP contribution in [0, 0.1) is 0 Å². The van der Waals surface area contributed by atoms with Crippen LogP contribution in [0.4, 0.5) is 5.82 Å². The predicted octanol–water partition coefficient (Wildman–Crippen LogP) is 3.15. The van der Waals surface area contributed by atoms with E-state index in [2.05, 4.69) is 29.0 Å². The average molecular weight is 300 g/mol. The quantitative estimate of drug-likeness (QED) is 0.697. The molecule has 1 heterocycles. The summed E-state index contributed by atoms with van der Waals surface area (Å²) in [4.78, 5) is 6.77. The van der Waals surface area contributed by atoms with Gasteiger partial charge in [-0.3, -0.25) is 4.90 Å². The summed E-state index contributed by atoms with van der Waals surface area (Å²) >= 11 is 6.23. The maximum absolute atomic E-state index is 9.15. The minimum Gasteiger partial charge on any atom is -0.395 e. The van der Waals surface area contributed by atoms with E-state index < -0.39 is 0 Å². The number of pyridine rings is 1. The van der Waals surface area contributed by atoms with Crippen molar-refractivity contribution in [3.63, 3.8) is 0 Å². The second kappa shape index (κ2) is 9.97. The van der Waals surface area contributed by atoms with E-state index in [0.29, 0.717) is 18.1 Å². The van der Waals surface area contributed by atoms with Crippen molar-refractivity contribution in [3.05, 3.63) is 22.8 Å². The van der Waals surface area contributed by atoms with E-state index in [4.69, 9.17) is 16.7 Å². The largest absolute Gasteiger partial charge is 0.395 e. The summed E-state index contributed by atoms with van der Waals surface area (Å²) < 4.78 is 0. The van der Waals surface area contributed by atoms with E-state index in [-0.39, 0.29) is 6.61 Å². The smallest absolute Gasteiger partial charge is 0.126 e. The number of aliphatic hydroxyl groups excluding tert-OH is 1. The van der Waals surface area contributed by atoms with E-state index in [1.165, 1.54) is 0 Å². The lowest BCUT2D eigenvalue weighted by Crippen LogP contribution is -2.28. The third-order valence-electron chi connectivity index (χ3n) is 3.09. The summed E-state index contributed by atoms with van der Waals surface area (Å²) in [6.45, 7) is 7.65. The van der Waals surface area contributed by atoms with Gasteiger partial charge in [0.1, 0.15) is 5.82 Å². The molecule has 0 spiro atoms. The van der Waals surface area contributed by atoms with Gasteiger partial charge in [0.05, 0.1) is 17.3 Å². The second-order valence-corrected chi connectivity index (χ2v) is 5.31. The van der Waals surface area contributed by atoms with Crippen LogP contribution in [-0.4, -0.2) is 41.2 Å². The molecule has 5 heteroatoms. The van der Waals surface area contributed by atoms with Gasteiger partial charge >= 0.3 is 0 Å². The summed E-state index contributed by atoms with van der Waals surface area (Å²) in [6.07, 6.45) is 3.32. The Morgan fingerprint density at radius 3 is 2.70 bits per heavy atom. The molecule has 0 unspecified atom stereocenters. The molecule has 0 radical (unpaired) electrons. The molecule has 0 aliphatic rings. The van der Waals surface area contributed by atoms with Crippen molar-refractivity contribution in [2.75, 3.05) is 31.6 Å². The fourth-order valence-electron chi connectivity index (χ4n) is 1.95. The maximum atomic E-state index is 9.15. The van der Waals surface area contributed by atoms with Gasteiger partial charge in [0.2, 0.25) is 0 Å². The monoisotopic (exact) mass is 299 g/mol. The van der Waals surface area contributed by atoms with Gasteiger partial charge in [-0.25, -0.2) is 4.98 Å². The van der Waals surface area contributed by atoms with Crippen LogP contribution in [0.3, 0.4) is 0 Å². The van der Waals surface area contributed by atoms with Gasteiger partial charge in [-0.1, -0.05) is 31.9 Å². The molecule has 2 N–H and O–H groups in total. The lowest BCUT2D eigenvalue weighted by molar-refractivity contribution is 0.187. The van der Waals surface area contributed by atoms with Crippen molar-refractivity contribution >= 4 is 17.4 Å². The summed E-state index contributed by atoms with van der Waals surface area (Å²) in [6, 6.07) is 3.79. The summed E-state index contributed by atoms with van der Waals surface area (Å²) in [7, 11) is 0. The van der Waals surface area contributed by atoms with Crippen LogP contribution in [0.5, 0.6) is 0 Å². The highest BCUT2D eigenvalue weighted by atomic mass is 35.5. The van der Waals surface area contributed by atoms with Crippen LogP contribution >= 0.6 is 11.6 Å². The predicted molar refractivity (Wildman–Crippen MR) is 85.3 cm³/mol. The second-order valence-electron chi connectivity index (χ2n) is 4.91. The Bertz CT molecular complexity index is 387. The van der Waals surface area contributed by atoms with E-state index >= 15 is 0 Å². The zero-order valence-corrected chi connectivity index (χ0v) is 13.3. The average Bonchev–Trinajstić information content (AvgIpc) is 2.45. The number of hydrogen-bond acceptors (Lipinski definition) is 4. The van der Waals surface area contributed by atoms with Crippen molar-refractivity contribution in [2.45, 2.75) is 39.7 Å². The van der Waals surface area contributed by atoms with Gasteiger partial charge < -0.3 is 10.4 Å². The topological polar surface area (TPSA) is 48.4 Å². The fourth-order valence-corrected chi connectivity index (χ4v) is 2.12. The highest BCUT2D eigenvalue weighted by Gasteiger charge is 2.10. The number of halogens is 1. The SMILES string of the molecule is CCCCN(CCO)Cc1nc(NCCC)ccc1Cl. The molecule has 0 amide bonds. The van der Waals surface area contributed by atoms with Crippen molar-refractivity contribution in [1.82, 2.24) is 9.88 Å². The molecule has 0 aliphatic heterocycles. The highest BCUT2D eigenvalue weighted by Crippen LogP contribution is 2.18. The molecule has 114 valence electrons. The first kappa shape index (κ1) is 17.2. The summed E-state index contributed by atoms with van der Waals surface area (Å²) in [5.41, 5.74) is 0.873. The Hall–Kier alpha value is -0.840. The van der Waals surface area contributed by atoms with Gasteiger partial charge in [-0.2, -0.15) is 0 Å². The van der Waals surface area contributed by atoms with Crippen LogP contribution < -0.4 is 5.32 Å². The molecule has 20 heavy (non-hydrogen) atoms. The minimum atomic E-state index is 0.162. The normalized spacial score (nSPS) is 11.1. The molecular weight excluding hydrogens is 274 g/mol. The lowest BCUT2D eigenvalue weighted by atomic mass is 10.2. The van der Waals surface area contributed by atoms with Gasteiger partial charge in [0.15, 0.2) is 0 Å². The summed E-state index contributed by atoms with van der Waals surface area (Å²) in [5.74, 6) is 0.866. The van der Waals surface area contributed by atoms with Crippen molar-refractivity contribution in [3.8, 4) is 0 Å². The number of nitrogens with one attached hydrogen (secondary N) is 1. The Morgan fingerprint density at radius 2 is 2.05 bits per heavy atom. The molecule has 0 atom stereocenters. The number of anilines is 1. The highest BCUT2D eigenvalue weighted by molar-refractivity contribution is 6.31. The molecule has 0 aromatic carbocycles. The molecule has 1 rings (SSSR count). The number of aromatic nitrogens is 1. The fraction of sp³-hybridized carbons (Fsp3) is 0.667. The third-order valence-corrected chi connectivity index (χ3v) is 3.44. The van der Waals surface area contributed by atoms with E-state index in [1.54, 1.807) is 0 Å². The zero-order valence-electron chi connectivity index (χ0n) is 12.5.